The largest absolute Gasteiger partial charge is 0.494 e. The predicted molar refractivity (Wildman–Crippen MR) is 79.9 cm³/mol. The summed E-state index contributed by atoms with van der Waals surface area (Å²) in [5.74, 6) is 0.574. The van der Waals surface area contributed by atoms with E-state index in [2.05, 4.69) is 25.6 Å². The number of halogens is 2. The molecule has 2 N–H and O–H groups in total. The lowest BCUT2D eigenvalue weighted by atomic mass is 10.3. The highest BCUT2D eigenvalue weighted by molar-refractivity contribution is 6.28. The van der Waals surface area contributed by atoms with Gasteiger partial charge in [0.2, 0.25) is 17.2 Å². The van der Waals surface area contributed by atoms with Crippen LogP contribution in [0.2, 0.25) is 5.28 Å². The molecule has 8 heteroatoms. The average molecular weight is 312 g/mol. The Balaban J connectivity index is 2.24. The Hall–Kier alpha value is -2.15. The van der Waals surface area contributed by atoms with Gasteiger partial charge in [-0.3, -0.25) is 0 Å². The molecule has 0 saturated heterocycles. The fourth-order valence-electron chi connectivity index (χ4n) is 1.61. The second kappa shape index (κ2) is 7.03. The van der Waals surface area contributed by atoms with Gasteiger partial charge in [-0.05, 0) is 30.2 Å². The summed E-state index contributed by atoms with van der Waals surface area (Å²) in [6.07, 6.45) is 0.928. The SMILES string of the molecule is CCCNc1nc(Cl)nc(Nc2ccc(F)cc2OC)n1. The van der Waals surface area contributed by atoms with Crippen molar-refractivity contribution < 1.29 is 9.13 Å². The van der Waals surface area contributed by atoms with E-state index in [0.29, 0.717) is 17.4 Å². The van der Waals surface area contributed by atoms with Crippen molar-refractivity contribution in [2.24, 2.45) is 0 Å². The summed E-state index contributed by atoms with van der Waals surface area (Å²) in [4.78, 5) is 12.1. The summed E-state index contributed by atoms with van der Waals surface area (Å²) >= 11 is 5.86. The van der Waals surface area contributed by atoms with E-state index in [4.69, 9.17) is 16.3 Å². The van der Waals surface area contributed by atoms with Gasteiger partial charge in [-0.15, -0.1) is 0 Å². The Morgan fingerprint density at radius 2 is 2.00 bits per heavy atom. The Labute approximate surface area is 126 Å². The highest BCUT2D eigenvalue weighted by Crippen LogP contribution is 2.27. The van der Waals surface area contributed by atoms with Crippen LogP contribution in [0.1, 0.15) is 13.3 Å². The first kappa shape index (κ1) is 15.2. The maximum absolute atomic E-state index is 13.2. The zero-order valence-corrected chi connectivity index (χ0v) is 12.4. The van der Waals surface area contributed by atoms with Crippen LogP contribution in [0.3, 0.4) is 0 Å². The highest BCUT2D eigenvalue weighted by Gasteiger charge is 2.09. The van der Waals surface area contributed by atoms with Gasteiger partial charge < -0.3 is 15.4 Å². The summed E-state index contributed by atoms with van der Waals surface area (Å²) < 4.78 is 18.3. The molecular weight excluding hydrogens is 297 g/mol. The molecule has 2 rings (SSSR count). The minimum atomic E-state index is -0.392. The lowest BCUT2D eigenvalue weighted by Gasteiger charge is -2.11. The number of benzene rings is 1. The number of hydrogen-bond acceptors (Lipinski definition) is 6. The van der Waals surface area contributed by atoms with Gasteiger partial charge in [-0.25, -0.2) is 4.39 Å². The van der Waals surface area contributed by atoms with Crippen LogP contribution in [0.15, 0.2) is 18.2 Å². The molecule has 0 saturated carbocycles. The normalized spacial score (nSPS) is 10.3. The van der Waals surface area contributed by atoms with Crippen molar-refractivity contribution in [2.45, 2.75) is 13.3 Å². The molecule has 1 heterocycles. The maximum Gasteiger partial charge on any atom is 0.233 e. The van der Waals surface area contributed by atoms with Gasteiger partial charge in [0.15, 0.2) is 0 Å². The Morgan fingerprint density at radius 1 is 1.24 bits per heavy atom. The zero-order chi connectivity index (χ0) is 15.2. The standard InChI is InChI=1S/C13H15ClFN5O/c1-3-6-16-12-18-11(14)19-13(20-12)17-9-5-4-8(15)7-10(9)21-2/h4-5,7H,3,6H2,1-2H3,(H2,16,17,18,19,20). The lowest BCUT2D eigenvalue weighted by molar-refractivity contribution is 0.413. The molecule has 21 heavy (non-hydrogen) atoms. The molecular formula is C13H15ClFN5O. The molecule has 0 aliphatic heterocycles. The van der Waals surface area contributed by atoms with Crippen molar-refractivity contribution in [3.63, 3.8) is 0 Å². The maximum atomic E-state index is 13.2. The quantitative estimate of drug-likeness (QED) is 0.853. The molecule has 0 bridgehead atoms. The molecule has 0 fully saturated rings. The van der Waals surface area contributed by atoms with Gasteiger partial charge >= 0.3 is 0 Å². The molecule has 0 aliphatic carbocycles. The van der Waals surface area contributed by atoms with E-state index in [1.807, 2.05) is 6.92 Å². The summed E-state index contributed by atoms with van der Waals surface area (Å²) in [7, 11) is 1.45. The summed E-state index contributed by atoms with van der Waals surface area (Å²) in [5, 5.41) is 6.01. The van der Waals surface area contributed by atoms with Crippen molar-refractivity contribution in [2.75, 3.05) is 24.3 Å². The van der Waals surface area contributed by atoms with E-state index in [0.717, 1.165) is 13.0 Å². The Bertz CT molecular complexity index is 626. The van der Waals surface area contributed by atoms with Crippen LogP contribution in [0.5, 0.6) is 5.75 Å². The van der Waals surface area contributed by atoms with Crippen LogP contribution in [0.25, 0.3) is 0 Å². The average Bonchev–Trinajstić information content (AvgIpc) is 2.46. The fourth-order valence-corrected chi connectivity index (χ4v) is 1.77. The number of nitrogens with zero attached hydrogens (tertiary/aromatic N) is 3. The Kier molecular flexibility index (Phi) is 5.10. The summed E-state index contributed by atoms with van der Waals surface area (Å²) in [5.41, 5.74) is 0.530. The third kappa shape index (κ3) is 4.16. The van der Waals surface area contributed by atoms with E-state index in [9.17, 15) is 4.39 Å². The third-order valence-electron chi connectivity index (χ3n) is 2.55. The lowest BCUT2D eigenvalue weighted by Crippen LogP contribution is -2.08. The van der Waals surface area contributed by atoms with Gasteiger partial charge in [0, 0.05) is 12.6 Å². The van der Waals surface area contributed by atoms with Crippen LogP contribution < -0.4 is 15.4 Å². The molecule has 0 amide bonds. The molecule has 1 aromatic heterocycles. The first-order valence-corrected chi connectivity index (χ1v) is 6.76. The van der Waals surface area contributed by atoms with Gasteiger partial charge in [0.25, 0.3) is 0 Å². The van der Waals surface area contributed by atoms with Crippen LogP contribution in [0, 0.1) is 5.82 Å². The fraction of sp³-hybridized carbons (Fsp3) is 0.308. The van der Waals surface area contributed by atoms with Gasteiger partial charge in [0.1, 0.15) is 11.6 Å². The van der Waals surface area contributed by atoms with Crippen molar-refractivity contribution in [1.29, 1.82) is 0 Å². The molecule has 0 unspecified atom stereocenters. The van der Waals surface area contributed by atoms with E-state index in [1.165, 1.54) is 25.3 Å². The van der Waals surface area contributed by atoms with Crippen LogP contribution in [-0.4, -0.2) is 28.6 Å². The minimum Gasteiger partial charge on any atom is -0.494 e. The van der Waals surface area contributed by atoms with E-state index >= 15 is 0 Å². The molecule has 0 atom stereocenters. The molecule has 112 valence electrons. The molecule has 0 radical (unpaired) electrons. The molecule has 0 spiro atoms. The van der Waals surface area contributed by atoms with Crippen LogP contribution in [-0.2, 0) is 0 Å². The van der Waals surface area contributed by atoms with Crippen molar-refractivity contribution in [1.82, 2.24) is 15.0 Å². The first-order valence-electron chi connectivity index (χ1n) is 6.38. The number of anilines is 3. The highest BCUT2D eigenvalue weighted by atomic mass is 35.5. The second-order valence-corrected chi connectivity index (χ2v) is 4.49. The van der Waals surface area contributed by atoms with E-state index in [1.54, 1.807) is 0 Å². The molecule has 0 aliphatic rings. The summed E-state index contributed by atoms with van der Waals surface area (Å²) in [6.45, 7) is 2.75. The number of hydrogen-bond donors (Lipinski definition) is 2. The van der Waals surface area contributed by atoms with Crippen molar-refractivity contribution in [3.05, 3.63) is 29.3 Å². The third-order valence-corrected chi connectivity index (χ3v) is 2.72. The number of rotatable bonds is 6. The monoisotopic (exact) mass is 311 g/mol. The van der Waals surface area contributed by atoms with Gasteiger partial charge in [-0.1, -0.05) is 6.92 Å². The smallest absolute Gasteiger partial charge is 0.233 e. The van der Waals surface area contributed by atoms with Crippen molar-refractivity contribution in [3.8, 4) is 5.75 Å². The van der Waals surface area contributed by atoms with E-state index < -0.39 is 5.82 Å². The van der Waals surface area contributed by atoms with Gasteiger partial charge in [0.05, 0.1) is 12.8 Å². The Morgan fingerprint density at radius 3 is 2.71 bits per heavy atom. The number of ether oxygens (including phenoxy) is 1. The van der Waals surface area contributed by atoms with Gasteiger partial charge in [-0.2, -0.15) is 15.0 Å². The molecule has 6 nitrogen and oxygen atoms in total. The second-order valence-electron chi connectivity index (χ2n) is 4.15. The zero-order valence-electron chi connectivity index (χ0n) is 11.7. The predicted octanol–water partition coefficient (Wildman–Crippen LogP) is 3.24. The van der Waals surface area contributed by atoms with Crippen molar-refractivity contribution >= 4 is 29.2 Å². The number of aromatic nitrogens is 3. The molecule has 1 aromatic carbocycles. The minimum absolute atomic E-state index is 0.0622. The summed E-state index contributed by atoms with van der Waals surface area (Å²) in [6, 6.07) is 4.11. The number of methoxy groups -OCH3 is 1. The topological polar surface area (TPSA) is 72.0 Å². The molecule has 2 aromatic rings. The number of nitrogens with one attached hydrogen (secondary N) is 2. The van der Waals surface area contributed by atoms with Crippen LogP contribution in [0.4, 0.5) is 22.0 Å². The van der Waals surface area contributed by atoms with E-state index in [-0.39, 0.29) is 11.2 Å². The van der Waals surface area contributed by atoms with Crippen LogP contribution >= 0.6 is 11.6 Å². The first-order chi connectivity index (χ1) is 10.1.